The van der Waals surface area contributed by atoms with E-state index < -0.39 is 0 Å². The summed E-state index contributed by atoms with van der Waals surface area (Å²) in [4.78, 5) is 0. The lowest BCUT2D eigenvalue weighted by Gasteiger charge is -2.42. The second-order valence-corrected chi connectivity index (χ2v) is 7.12. The minimum absolute atomic E-state index is 0.640. The SMILES string of the molecule is CCNC1CCC(C)(C2CCC(C)C(C)C2)C1. The van der Waals surface area contributed by atoms with E-state index in [0.717, 1.165) is 30.3 Å². The first kappa shape index (κ1) is 13.4. The molecule has 0 saturated heterocycles. The molecule has 0 spiro atoms. The first-order valence-electron chi connectivity index (χ1n) is 7.78. The van der Waals surface area contributed by atoms with Gasteiger partial charge in [-0.05, 0) is 61.8 Å². The van der Waals surface area contributed by atoms with Crippen molar-refractivity contribution in [2.45, 2.75) is 72.3 Å². The predicted octanol–water partition coefficient (Wildman–Crippen LogP) is 4.23. The molecule has 1 N–H and O–H groups in total. The van der Waals surface area contributed by atoms with Crippen LogP contribution in [0.1, 0.15) is 66.2 Å². The van der Waals surface area contributed by atoms with Gasteiger partial charge in [-0.15, -0.1) is 0 Å². The van der Waals surface area contributed by atoms with E-state index in [1.807, 2.05) is 0 Å². The summed E-state index contributed by atoms with van der Waals surface area (Å²) in [6.07, 6.45) is 8.72. The molecule has 2 aliphatic rings. The lowest BCUT2D eigenvalue weighted by Crippen LogP contribution is -2.34. The van der Waals surface area contributed by atoms with Gasteiger partial charge < -0.3 is 5.32 Å². The van der Waals surface area contributed by atoms with Gasteiger partial charge in [0.05, 0.1) is 0 Å². The van der Waals surface area contributed by atoms with Crippen LogP contribution >= 0.6 is 0 Å². The van der Waals surface area contributed by atoms with Crippen LogP contribution in [-0.2, 0) is 0 Å². The van der Waals surface area contributed by atoms with Gasteiger partial charge in [-0.1, -0.05) is 34.1 Å². The Morgan fingerprint density at radius 2 is 1.88 bits per heavy atom. The van der Waals surface area contributed by atoms with E-state index in [9.17, 15) is 0 Å². The van der Waals surface area contributed by atoms with Gasteiger partial charge in [0.15, 0.2) is 0 Å². The molecule has 1 nitrogen and oxygen atoms in total. The minimum atomic E-state index is 0.640. The lowest BCUT2D eigenvalue weighted by molar-refractivity contribution is 0.0890. The van der Waals surface area contributed by atoms with Crippen molar-refractivity contribution in [1.29, 1.82) is 0 Å². The third-order valence-corrected chi connectivity index (χ3v) is 5.85. The largest absolute Gasteiger partial charge is 0.314 e. The summed E-state index contributed by atoms with van der Waals surface area (Å²) >= 11 is 0. The molecule has 2 rings (SSSR count). The normalized spacial score (nSPS) is 47.3. The van der Waals surface area contributed by atoms with E-state index in [-0.39, 0.29) is 0 Å². The maximum Gasteiger partial charge on any atom is 0.00724 e. The highest BCUT2D eigenvalue weighted by molar-refractivity contribution is 4.95. The Morgan fingerprint density at radius 3 is 2.53 bits per heavy atom. The van der Waals surface area contributed by atoms with Crippen LogP contribution in [0.15, 0.2) is 0 Å². The van der Waals surface area contributed by atoms with E-state index in [2.05, 4.69) is 33.0 Å². The van der Waals surface area contributed by atoms with Crippen molar-refractivity contribution in [3.63, 3.8) is 0 Å². The maximum atomic E-state index is 3.66. The fourth-order valence-corrected chi connectivity index (χ4v) is 4.29. The molecule has 0 heterocycles. The molecule has 17 heavy (non-hydrogen) atoms. The summed E-state index contributed by atoms with van der Waals surface area (Å²) in [6, 6.07) is 0.805. The molecule has 0 aromatic carbocycles. The fraction of sp³-hybridized carbons (Fsp3) is 1.00. The van der Waals surface area contributed by atoms with Crippen molar-refractivity contribution in [3.8, 4) is 0 Å². The highest BCUT2D eigenvalue weighted by atomic mass is 14.9. The summed E-state index contributed by atoms with van der Waals surface area (Å²) in [5.41, 5.74) is 0.640. The summed E-state index contributed by atoms with van der Waals surface area (Å²) in [7, 11) is 0. The second kappa shape index (κ2) is 5.30. The van der Waals surface area contributed by atoms with Crippen LogP contribution in [0.4, 0.5) is 0 Å². The zero-order valence-electron chi connectivity index (χ0n) is 12.3. The van der Waals surface area contributed by atoms with Crippen LogP contribution in [0.3, 0.4) is 0 Å². The molecule has 0 aromatic rings. The summed E-state index contributed by atoms with van der Waals surface area (Å²) in [5.74, 6) is 2.90. The van der Waals surface area contributed by atoms with Crippen molar-refractivity contribution in [2.24, 2.45) is 23.2 Å². The van der Waals surface area contributed by atoms with E-state index >= 15 is 0 Å². The molecule has 5 atom stereocenters. The molecule has 100 valence electrons. The molecule has 1 heteroatoms. The fourth-order valence-electron chi connectivity index (χ4n) is 4.29. The highest BCUT2D eigenvalue weighted by Crippen LogP contribution is 2.51. The Balaban J connectivity index is 1.93. The van der Waals surface area contributed by atoms with Crippen LogP contribution in [0, 0.1) is 23.2 Å². The summed E-state index contributed by atoms with van der Waals surface area (Å²) in [5, 5.41) is 3.66. The van der Waals surface area contributed by atoms with Gasteiger partial charge in [-0.3, -0.25) is 0 Å². The van der Waals surface area contributed by atoms with Crippen LogP contribution in [0.2, 0.25) is 0 Å². The number of rotatable bonds is 3. The summed E-state index contributed by atoms with van der Waals surface area (Å²) in [6.45, 7) is 10.9. The molecule has 2 saturated carbocycles. The minimum Gasteiger partial charge on any atom is -0.314 e. The predicted molar refractivity (Wildman–Crippen MR) is 75.1 cm³/mol. The number of nitrogens with one attached hydrogen (secondary N) is 1. The van der Waals surface area contributed by atoms with Crippen LogP contribution < -0.4 is 5.32 Å². The molecule has 2 aliphatic carbocycles. The Bertz CT molecular complexity index is 250. The van der Waals surface area contributed by atoms with Crippen molar-refractivity contribution >= 4 is 0 Å². The third kappa shape index (κ3) is 2.86. The van der Waals surface area contributed by atoms with Crippen LogP contribution in [0.5, 0.6) is 0 Å². The molecular weight excluding hydrogens is 206 g/mol. The Morgan fingerprint density at radius 1 is 1.12 bits per heavy atom. The summed E-state index contributed by atoms with van der Waals surface area (Å²) < 4.78 is 0. The topological polar surface area (TPSA) is 12.0 Å². The second-order valence-electron chi connectivity index (χ2n) is 7.12. The Labute approximate surface area is 108 Å². The molecule has 0 aliphatic heterocycles. The Hall–Kier alpha value is -0.0400. The van der Waals surface area contributed by atoms with Gasteiger partial charge >= 0.3 is 0 Å². The van der Waals surface area contributed by atoms with Gasteiger partial charge in [-0.25, -0.2) is 0 Å². The molecule has 0 aromatic heterocycles. The van der Waals surface area contributed by atoms with Crippen molar-refractivity contribution < 1.29 is 0 Å². The zero-order valence-corrected chi connectivity index (χ0v) is 12.3. The van der Waals surface area contributed by atoms with Crippen molar-refractivity contribution in [1.82, 2.24) is 5.32 Å². The lowest BCUT2D eigenvalue weighted by atomic mass is 9.64. The van der Waals surface area contributed by atoms with E-state index in [4.69, 9.17) is 0 Å². The smallest absolute Gasteiger partial charge is 0.00724 e. The van der Waals surface area contributed by atoms with Gasteiger partial charge in [-0.2, -0.15) is 0 Å². The van der Waals surface area contributed by atoms with Crippen LogP contribution in [0.25, 0.3) is 0 Å². The zero-order chi connectivity index (χ0) is 12.5. The van der Waals surface area contributed by atoms with E-state index in [1.165, 1.54) is 38.5 Å². The van der Waals surface area contributed by atoms with Crippen molar-refractivity contribution in [3.05, 3.63) is 0 Å². The van der Waals surface area contributed by atoms with E-state index in [1.54, 1.807) is 0 Å². The molecule has 5 unspecified atom stereocenters. The standard InChI is InChI=1S/C16H31N/c1-5-17-15-8-9-16(4,11-15)14-7-6-12(2)13(3)10-14/h12-15,17H,5-11H2,1-4H3. The third-order valence-electron chi connectivity index (χ3n) is 5.85. The quantitative estimate of drug-likeness (QED) is 0.774. The average molecular weight is 237 g/mol. The Kier molecular flexibility index (Phi) is 4.18. The van der Waals surface area contributed by atoms with Crippen molar-refractivity contribution in [2.75, 3.05) is 6.54 Å². The van der Waals surface area contributed by atoms with Gasteiger partial charge in [0.25, 0.3) is 0 Å². The molecule has 2 fully saturated rings. The monoisotopic (exact) mass is 237 g/mol. The number of hydrogen-bond donors (Lipinski definition) is 1. The van der Waals surface area contributed by atoms with E-state index in [0.29, 0.717) is 5.41 Å². The first-order chi connectivity index (χ1) is 8.05. The van der Waals surface area contributed by atoms with Crippen LogP contribution in [-0.4, -0.2) is 12.6 Å². The first-order valence-corrected chi connectivity index (χ1v) is 7.78. The average Bonchev–Trinajstić information content (AvgIpc) is 2.66. The maximum absolute atomic E-state index is 3.66. The number of hydrogen-bond acceptors (Lipinski definition) is 1. The van der Waals surface area contributed by atoms with Gasteiger partial charge in [0.1, 0.15) is 0 Å². The highest BCUT2D eigenvalue weighted by Gasteiger charge is 2.42. The molecule has 0 bridgehead atoms. The van der Waals surface area contributed by atoms with Gasteiger partial charge in [0, 0.05) is 6.04 Å². The van der Waals surface area contributed by atoms with Gasteiger partial charge in [0.2, 0.25) is 0 Å². The molecular formula is C16H31N. The molecule has 0 radical (unpaired) electrons. The molecule has 0 amide bonds.